The van der Waals surface area contributed by atoms with E-state index in [9.17, 15) is 18.0 Å². The highest BCUT2D eigenvalue weighted by Crippen LogP contribution is 2.16. The van der Waals surface area contributed by atoms with Crippen molar-refractivity contribution in [3.05, 3.63) is 59.7 Å². The highest BCUT2D eigenvalue weighted by atomic mass is 32.2. The average Bonchev–Trinajstić information content (AvgIpc) is 2.78. The van der Waals surface area contributed by atoms with E-state index < -0.39 is 21.8 Å². The molecule has 2 aromatic carbocycles. The Morgan fingerprint density at radius 2 is 1.65 bits per heavy atom. The number of hydrogen-bond donors (Lipinski definition) is 2. The quantitative estimate of drug-likeness (QED) is 0.425. The second-order valence-corrected chi connectivity index (χ2v) is 8.30. The van der Waals surface area contributed by atoms with Crippen molar-refractivity contribution in [1.82, 2.24) is 15.0 Å². The molecule has 0 saturated heterocycles. The number of nitrogens with zero attached hydrogens (tertiary/aromatic N) is 2. The fraction of sp³-hybridized carbons (Fsp3) is 0.286. The van der Waals surface area contributed by atoms with Crippen LogP contribution in [0, 0.1) is 0 Å². The SMILES string of the molecule is CCN(CC)S(=O)(=O)c1ccc(C(=O)NCC(=O)N/N=C/c2ccc(OC)cc2)cc1. The number of carbonyl (C=O) groups excluding carboxylic acids is 2. The number of sulfonamides is 1. The van der Waals surface area contributed by atoms with Crippen molar-refractivity contribution < 1.29 is 22.7 Å². The molecule has 0 saturated carbocycles. The molecule has 0 atom stereocenters. The van der Waals surface area contributed by atoms with Gasteiger partial charge in [-0.3, -0.25) is 9.59 Å². The van der Waals surface area contributed by atoms with Gasteiger partial charge in [0.2, 0.25) is 10.0 Å². The molecule has 10 heteroatoms. The number of rotatable bonds is 10. The molecule has 0 aliphatic heterocycles. The number of nitrogens with one attached hydrogen (secondary N) is 2. The number of ether oxygens (including phenoxy) is 1. The normalized spacial score (nSPS) is 11.5. The molecule has 2 aromatic rings. The van der Waals surface area contributed by atoms with Crippen LogP contribution in [0.3, 0.4) is 0 Å². The lowest BCUT2D eigenvalue weighted by molar-refractivity contribution is -0.120. The van der Waals surface area contributed by atoms with Crippen LogP contribution in [-0.4, -0.2) is 57.5 Å². The summed E-state index contributed by atoms with van der Waals surface area (Å²) in [6.07, 6.45) is 1.47. The van der Waals surface area contributed by atoms with Crippen molar-refractivity contribution in [3.8, 4) is 5.75 Å². The van der Waals surface area contributed by atoms with Crippen LogP contribution < -0.4 is 15.5 Å². The van der Waals surface area contributed by atoms with E-state index in [-0.39, 0.29) is 17.0 Å². The van der Waals surface area contributed by atoms with Crippen LogP contribution in [0.15, 0.2) is 58.5 Å². The summed E-state index contributed by atoms with van der Waals surface area (Å²) in [7, 11) is -2.02. The van der Waals surface area contributed by atoms with Crippen LogP contribution in [0.5, 0.6) is 5.75 Å². The number of hydrazone groups is 1. The lowest BCUT2D eigenvalue weighted by Crippen LogP contribution is -2.35. The summed E-state index contributed by atoms with van der Waals surface area (Å²) in [6, 6.07) is 12.7. The maximum absolute atomic E-state index is 12.5. The number of hydrogen-bond acceptors (Lipinski definition) is 6. The first-order valence-corrected chi connectivity index (χ1v) is 11.1. The minimum absolute atomic E-state index is 0.110. The third kappa shape index (κ3) is 6.63. The van der Waals surface area contributed by atoms with E-state index in [1.54, 1.807) is 45.2 Å². The molecule has 0 spiro atoms. The summed E-state index contributed by atoms with van der Waals surface area (Å²) in [6.45, 7) is 3.95. The number of carbonyl (C=O) groups is 2. The van der Waals surface area contributed by atoms with Crippen molar-refractivity contribution in [2.75, 3.05) is 26.7 Å². The molecule has 0 aliphatic carbocycles. The Hall–Kier alpha value is -3.24. The summed E-state index contributed by atoms with van der Waals surface area (Å²) >= 11 is 0. The summed E-state index contributed by atoms with van der Waals surface area (Å²) in [5.41, 5.74) is 3.33. The van der Waals surface area contributed by atoms with E-state index in [0.717, 1.165) is 5.56 Å². The van der Waals surface area contributed by atoms with E-state index >= 15 is 0 Å². The van der Waals surface area contributed by atoms with E-state index in [1.807, 2.05) is 0 Å². The van der Waals surface area contributed by atoms with Gasteiger partial charge in [0.25, 0.3) is 11.8 Å². The Kier molecular flexibility index (Phi) is 8.71. The summed E-state index contributed by atoms with van der Waals surface area (Å²) in [4.78, 5) is 24.2. The molecule has 31 heavy (non-hydrogen) atoms. The van der Waals surface area contributed by atoms with Crippen molar-refractivity contribution in [2.24, 2.45) is 5.10 Å². The van der Waals surface area contributed by atoms with Crippen molar-refractivity contribution in [1.29, 1.82) is 0 Å². The summed E-state index contributed by atoms with van der Waals surface area (Å²) in [5, 5.41) is 6.30. The standard InChI is InChI=1S/C21H26N4O5S/c1-4-25(5-2)31(28,29)19-12-8-17(9-13-19)21(27)22-15-20(26)24-23-14-16-6-10-18(30-3)11-7-16/h6-14H,4-5,15H2,1-3H3,(H,22,27)(H,24,26)/b23-14+. The predicted molar refractivity (Wildman–Crippen MR) is 118 cm³/mol. The topological polar surface area (TPSA) is 117 Å². The van der Waals surface area contributed by atoms with E-state index in [2.05, 4.69) is 15.8 Å². The van der Waals surface area contributed by atoms with Gasteiger partial charge in [-0.25, -0.2) is 13.8 Å². The van der Waals surface area contributed by atoms with Crippen molar-refractivity contribution in [3.63, 3.8) is 0 Å². The first-order chi connectivity index (χ1) is 14.8. The number of benzene rings is 2. The second kappa shape index (κ2) is 11.2. The zero-order chi connectivity index (χ0) is 22.9. The van der Waals surface area contributed by atoms with Gasteiger partial charge in [-0.1, -0.05) is 13.8 Å². The maximum atomic E-state index is 12.5. The van der Waals surface area contributed by atoms with Crippen molar-refractivity contribution in [2.45, 2.75) is 18.7 Å². The Labute approximate surface area is 182 Å². The second-order valence-electron chi connectivity index (χ2n) is 6.36. The molecule has 2 amide bonds. The molecular weight excluding hydrogens is 420 g/mol. The first-order valence-electron chi connectivity index (χ1n) is 9.66. The molecule has 166 valence electrons. The zero-order valence-electron chi connectivity index (χ0n) is 17.7. The molecule has 0 radical (unpaired) electrons. The minimum Gasteiger partial charge on any atom is -0.497 e. The van der Waals surface area contributed by atoms with Gasteiger partial charge in [0.15, 0.2) is 0 Å². The number of methoxy groups -OCH3 is 1. The van der Waals surface area contributed by atoms with Gasteiger partial charge in [0, 0.05) is 18.7 Å². The van der Waals surface area contributed by atoms with E-state index in [0.29, 0.717) is 18.8 Å². The fourth-order valence-electron chi connectivity index (χ4n) is 2.66. The molecule has 2 rings (SSSR count). The highest BCUT2D eigenvalue weighted by Gasteiger charge is 2.21. The molecule has 0 aliphatic rings. The molecular formula is C21H26N4O5S. The van der Waals surface area contributed by atoms with Gasteiger partial charge < -0.3 is 10.1 Å². The van der Waals surface area contributed by atoms with Crippen LogP contribution in [0.4, 0.5) is 0 Å². The third-order valence-electron chi connectivity index (χ3n) is 4.39. The van der Waals surface area contributed by atoms with Crippen LogP contribution >= 0.6 is 0 Å². The number of amides is 2. The molecule has 0 aromatic heterocycles. The Morgan fingerprint density at radius 3 is 2.19 bits per heavy atom. The smallest absolute Gasteiger partial charge is 0.259 e. The third-order valence-corrected chi connectivity index (χ3v) is 6.45. The first kappa shape index (κ1) is 24.0. The van der Waals surface area contributed by atoms with Crippen LogP contribution in [-0.2, 0) is 14.8 Å². The van der Waals surface area contributed by atoms with E-state index in [1.165, 1.54) is 34.8 Å². The fourth-order valence-corrected chi connectivity index (χ4v) is 4.12. The lowest BCUT2D eigenvalue weighted by atomic mass is 10.2. The molecule has 0 unspecified atom stereocenters. The molecule has 2 N–H and O–H groups in total. The van der Waals surface area contributed by atoms with Gasteiger partial charge >= 0.3 is 0 Å². The van der Waals surface area contributed by atoms with Crippen LogP contribution in [0.1, 0.15) is 29.8 Å². The Morgan fingerprint density at radius 1 is 1.03 bits per heavy atom. The summed E-state index contributed by atoms with van der Waals surface area (Å²) in [5.74, 6) is -0.289. The van der Waals surface area contributed by atoms with Gasteiger partial charge in [-0.15, -0.1) is 0 Å². The van der Waals surface area contributed by atoms with Gasteiger partial charge in [0.1, 0.15) is 5.75 Å². The largest absolute Gasteiger partial charge is 0.497 e. The molecule has 0 heterocycles. The monoisotopic (exact) mass is 446 g/mol. The average molecular weight is 447 g/mol. The predicted octanol–water partition coefficient (Wildman–Crippen LogP) is 1.61. The van der Waals surface area contributed by atoms with Gasteiger partial charge in [-0.2, -0.15) is 9.41 Å². The maximum Gasteiger partial charge on any atom is 0.259 e. The van der Waals surface area contributed by atoms with Crippen LogP contribution in [0.25, 0.3) is 0 Å². The minimum atomic E-state index is -3.59. The van der Waals surface area contributed by atoms with Gasteiger partial charge in [-0.05, 0) is 54.1 Å². The Balaban J connectivity index is 1.87. The van der Waals surface area contributed by atoms with Gasteiger partial charge in [0.05, 0.1) is 24.8 Å². The zero-order valence-corrected chi connectivity index (χ0v) is 18.5. The van der Waals surface area contributed by atoms with E-state index in [4.69, 9.17) is 4.74 Å². The molecule has 9 nitrogen and oxygen atoms in total. The van der Waals surface area contributed by atoms with Crippen molar-refractivity contribution >= 4 is 28.1 Å². The van der Waals surface area contributed by atoms with Crippen LogP contribution in [0.2, 0.25) is 0 Å². The lowest BCUT2D eigenvalue weighted by Gasteiger charge is -2.18. The Bertz CT molecular complexity index is 1010. The highest BCUT2D eigenvalue weighted by molar-refractivity contribution is 7.89. The molecule has 0 fully saturated rings. The summed E-state index contributed by atoms with van der Waals surface area (Å²) < 4.78 is 31.3. The molecule has 0 bridgehead atoms.